The minimum absolute atomic E-state index is 0.0810. The highest BCUT2D eigenvalue weighted by molar-refractivity contribution is 7.89. The zero-order chi connectivity index (χ0) is 14.6. The van der Waals surface area contributed by atoms with Gasteiger partial charge in [-0.25, -0.2) is 8.42 Å². The molecule has 20 heavy (non-hydrogen) atoms. The molecular weight excluding hydrogens is 276 g/mol. The molecule has 1 aliphatic heterocycles. The monoisotopic (exact) mass is 298 g/mol. The van der Waals surface area contributed by atoms with Gasteiger partial charge in [0.2, 0.25) is 10.0 Å². The minimum Gasteiger partial charge on any atom is -0.497 e. The van der Waals surface area contributed by atoms with E-state index >= 15 is 0 Å². The van der Waals surface area contributed by atoms with Gasteiger partial charge in [0.05, 0.1) is 12.0 Å². The molecule has 1 aromatic carbocycles. The molecule has 1 fully saturated rings. The van der Waals surface area contributed by atoms with Crippen LogP contribution in [0.15, 0.2) is 29.2 Å². The fourth-order valence-corrected chi connectivity index (χ4v) is 4.35. The summed E-state index contributed by atoms with van der Waals surface area (Å²) in [5.41, 5.74) is 0. The molecule has 0 spiro atoms. The lowest BCUT2D eigenvalue weighted by atomic mass is 10.1. The van der Waals surface area contributed by atoms with Crippen molar-refractivity contribution in [2.24, 2.45) is 0 Å². The zero-order valence-corrected chi connectivity index (χ0v) is 12.8. The highest BCUT2D eigenvalue weighted by atomic mass is 32.2. The Hall–Kier alpha value is -1.11. The third-order valence-electron chi connectivity index (χ3n) is 3.68. The summed E-state index contributed by atoms with van der Waals surface area (Å²) in [5.74, 6) is 0.562. The van der Waals surface area contributed by atoms with Crippen molar-refractivity contribution in [2.75, 3.05) is 26.7 Å². The van der Waals surface area contributed by atoms with Crippen molar-refractivity contribution < 1.29 is 13.2 Å². The summed E-state index contributed by atoms with van der Waals surface area (Å²) < 4.78 is 32.3. The quantitative estimate of drug-likeness (QED) is 0.894. The Morgan fingerprint density at radius 1 is 1.35 bits per heavy atom. The van der Waals surface area contributed by atoms with Gasteiger partial charge in [-0.1, -0.05) is 13.0 Å². The van der Waals surface area contributed by atoms with E-state index in [9.17, 15) is 8.42 Å². The molecule has 0 unspecified atom stereocenters. The van der Waals surface area contributed by atoms with Gasteiger partial charge in [-0.2, -0.15) is 4.31 Å². The van der Waals surface area contributed by atoms with Crippen LogP contribution < -0.4 is 10.1 Å². The number of piperidine rings is 1. The van der Waals surface area contributed by atoms with Gasteiger partial charge in [0.15, 0.2) is 0 Å². The molecular formula is C14H22N2O3S. The van der Waals surface area contributed by atoms with E-state index in [1.54, 1.807) is 28.6 Å². The van der Waals surface area contributed by atoms with Crippen LogP contribution in [0.4, 0.5) is 0 Å². The van der Waals surface area contributed by atoms with E-state index in [2.05, 4.69) is 5.32 Å². The van der Waals surface area contributed by atoms with Crippen molar-refractivity contribution in [2.45, 2.75) is 30.7 Å². The van der Waals surface area contributed by atoms with Crippen LogP contribution >= 0.6 is 0 Å². The maximum absolute atomic E-state index is 12.8. The minimum atomic E-state index is -3.46. The molecule has 1 aliphatic rings. The van der Waals surface area contributed by atoms with Crippen LogP contribution in [-0.2, 0) is 10.0 Å². The van der Waals surface area contributed by atoms with Crippen molar-refractivity contribution in [1.29, 1.82) is 0 Å². The first-order valence-corrected chi connectivity index (χ1v) is 8.40. The standard InChI is InChI=1S/C14H22N2O3S/c1-3-16(12-7-9-15-10-8-12)20(17,18)14-6-4-5-13(11-14)19-2/h4-6,11-12,15H,3,7-10H2,1-2H3. The Morgan fingerprint density at radius 3 is 2.65 bits per heavy atom. The Kier molecular flexibility index (Phi) is 5.01. The largest absolute Gasteiger partial charge is 0.497 e. The summed E-state index contributed by atoms with van der Waals surface area (Å²) >= 11 is 0. The Balaban J connectivity index is 2.30. The molecule has 1 saturated heterocycles. The Morgan fingerprint density at radius 2 is 2.05 bits per heavy atom. The van der Waals surface area contributed by atoms with Gasteiger partial charge >= 0.3 is 0 Å². The van der Waals surface area contributed by atoms with Crippen LogP contribution in [-0.4, -0.2) is 45.5 Å². The molecule has 0 atom stereocenters. The van der Waals surface area contributed by atoms with Gasteiger partial charge in [0.25, 0.3) is 0 Å². The van der Waals surface area contributed by atoms with Crippen molar-refractivity contribution in [3.8, 4) is 5.75 Å². The van der Waals surface area contributed by atoms with Gasteiger partial charge in [-0.05, 0) is 38.1 Å². The summed E-state index contributed by atoms with van der Waals surface area (Å²) in [7, 11) is -1.92. The molecule has 0 aliphatic carbocycles. The zero-order valence-electron chi connectivity index (χ0n) is 12.0. The molecule has 1 N–H and O–H groups in total. The molecule has 112 valence electrons. The van der Waals surface area contributed by atoms with Crippen LogP contribution in [0.5, 0.6) is 5.75 Å². The van der Waals surface area contributed by atoms with Crippen molar-refractivity contribution in [1.82, 2.24) is 9.62 Å². The van der Waals surface area contributed by atoms with E-state index in [0.717, 1.165) is 25.9 Å². The first-order valence-electron chi connectivity index (χ1n) is 6.96. The number of nitrogens with one attached hydrogen (secondary N) is 1. The number of ether oxygens (including phenoxy) is 1. The SMILES string of the molecule is CCN(C1CCNCC1)S(=O)(=O)c1cccc(OC)c1. The second-order valence-corrected chi connectivity index (χ2v) is 6.76. The third-order valence-corrected chi connectivity index (χ3v) is 5.70. The lowest BCUT2D eigenvalue weighted by Gasteiger charge is -2.33. The molecule has 6 heteroatoms. The molecule has 0 radical (unpaired) electrons. The van der Waals surface area contributed by atoms with Crippen LogP contribution in [0, 0.1) is 0 Å². The highest BCUT2D eigenvalue weighted by Crippen LogP contribution is 2.24. The fraction of sp³-hybridized carbons (Fsp3) is 0.571. The lowest BCUT2D eigenvalue weighted by Crippen LogP contribution is -2.45. The van der Waals surface area contributed by atoms with Gasteiger partial charge < -0.3 is 10.1 Å². The average Bonchev–Trinajstić information content (AvgIpc) is 2.49. The predicted octanol–water partition coefficient (Wildman–Crippen LogP) is 1.46. The van der Waals surface area contributed by atoms with E-state index in [4.69, 9.17) is 4.74 Å². The average molecular weight is 298 g/mol. The van der Waals surface area contributed by atoms with Crippen molar-refractivity contribution in [3.63, 3.8) is 0 Å². The molecule has 5 nitrogen and oxygen atoms in total. The molecule has 0 saturated carbocycles. The smallest absolute Gasteiger partial charge is 0.243 e. The van der Waals surface area contributed by atoms with Crippen LogP contribution in [0.3, 0.4) is 0 Å². The molecule has 1 heterocycles. The first-order chi connectivity index (χ1) is 9.59. The Bertz CT molecular complexity index is 539. The van der Waals surface area contributed by atoms with E-state index in [-0.39, 0.29) is 6.04 Å². The number of nitrogens with zero attached hydrogens (tertiary/aromatic N) is 1. The van der Waals surface area contributed by atoms with Crippen LogP contribution in [0.25, 0.3) is 0 Å². The van der Waals surface area contributed by atoms with E-state index in [1.807, 2.05) is 6.92 Å². The van der Waals surface area contributed by atoms with Gasteiger partial charge in [-0.3, -0.25) is 0 Å². The summed E-state index contributed by atoms with van der Waals surface area (Å²) in [5, 5.41) is 3.26. The maximum atomic E-state index is 12.8. The second kappa shape index (κ2) is 6.56. The van der Waals surface area contributed by atoms with Crippen LogP contribution in [0.1, 0.15) is 19.8 Å². The van der Waals surface area contributed by atoms with Gasteiger partial charge in [-0.15, -0.1) is 0 Å². The third kappa shape index (κ3) is 3.13. The molecule has 1 aromatic rings. The lowest BCUT2D eigenvalue weighted by molar-refractivity contribution is 0.270. The summed E-state index contributed by atoms with van der Waals surface area (Å²) in [4.78, 5) is 0.303. The topological polar surface area (TPSA) is 58.6 Å². The first kappa shape index (κ1) is 15.3. The van der Waals surface area contributed by atoms with E-state index in [0.29, 0.717) is 17.2 Å². The summed E-state index contributed by atoms with van der Waals surface area (Å²) in [6.07, 6.45) is 1.72. The maximum Gasteiger partial charge on any atom is 0.243 e. The Labute approximate surface area is 121 Å². The molecule has 2 rings (SSSR count). The number of hydrogen-bond acceptors (Lipinski definition) is 4. The number of sulfonamides is 1. The van der Waals surface area contributed by atoms with Crippen molar-refractivity contribution >= 4 is 10.0 Å². The normalized spacial score (nSPS) is 17.4. The number of rotatable bonds is 5. The number of benzene rings is 1. The number of hydrogen-bond donors (Lipinski definition) is 1. The summed E-state index contributed by atoms with van der Waals surface area (Å²) in [6.45, 7) is 4.12. The second-order valence-electron chi connectivity index (χ2n) is 4.87. The van der Waals surface area contributed by atoms with Gasteiger partial charge in [0, 0.05) is 18.7 Å². The highest BCUT2D eigenvalue weighted by Gasteiger charge is 2.31. The number of methoxy groups -OCH3 is 1. The predicted molar refractivity (Wildman–Crippen MR) is 78.5 cm³/mol. The van der Waals surface area contributed by atoms with E-state index in [1.165, 1.54) is 7.11 Å². The van der Waals surface area contributed by atoms with Crippen molar-refractivity contribution in [3.05, 3.63) is 24.3 Å². The van der Waals surface area contributed by atoms with Gasteiger partial charge in [0.1, 0.15) is 5.75 Å². The van der Waals surface area contributed by atoms with Crippen LogP contribution in [0.2, 0.25) is 0 Å². The molecule has 0 amide bonds. The summed E-state index contributed by atoms with van der Waals surface area (Å²) in [6, 6.07) is 6.75. The molecule has 0 aromatic heterocycles. The fourth-order valence-electron chi connectivity index (χ4n) is 2.62. The molecule has 0 bridgehead atoms. The van der Waals surface area contributed by atoms with E-state index < -0.39 is 10.0 Å².